The number of aryl methyl sites for hydroxylation is 2. The van der Waals surface area contributed by atoms with Gasteiger partial charge in [-0.2, -0.15) is 0 Å². The van der Waals surface area contributed by atoms with E-state index in [2.05, 4.69) is 19.9 Å². The minimum Gasteiger partial charge on any atom is -0.422 e. The van der Waals surface area contributed by atoms with E-state index in [1.807, 2.05) is 19.1 Å². The van der Waals surface area contributed by atoms with Crippen LogP contribution >= 0.6 is 0 Å². The molecule has 16 heavy (non-hydrogen) atoms. The normalized spacial score (nSPS) is 11.3. The Morgan fingerprint density at radius 2 is 1.81 bits per heavy atom. The molecule has 0 aliphatic rings. The molecule has 2 heteroatoms. The lowest BCUT2D eigenvalue weighted by Gasteiger charge is -2.11. The molecular weight excluding hydrogens is 200 g/mol. The molecule has 1 aromatic carbocycles. The summed E-state index contributed by atoms with van der Waals surface area (Å²) in [4.78, 5) is 11.5. The highest BCUT2D eigenvalue weighted by molar-refractivity contribution is 5.84. The molecule has 0 aliphatic heterocycles. The van der Waals surface area contributed by atoms with E-state index in [-0.39, 0.29) is 5.63 Å². The van der Waals surface area contributed by atoms with Gasteiger partial charge in [-0.3, -0.25) is 0 Å². The van der Waals surface area contributed by atoms with Gasteiger partial charge in [-0.1, -0.05) is 26.0 Å². The van der Waals surface area contributed by atoms with Gasteiger partial charge in [-0.05, 0) is 37.0 Å². The summed E-state index contributed by atoms with van der Waals surface area (Å²) in [7, 11) is 0. The fourth-order valence-corrected chi connectivity index (χ4v) is 1.96. The third-order valence-corrected chi connectivity index (χ3v) is 2.93. The monoisotopic (exact) mass is 216 g/mol. The summed E-state index contributed by atoms with van der Waals surface area (Å²) in [5, 5.41) is 1.06. The molecule has 0 N–H and O–H groups in total. The van der Waals surface area contributed by atoms with Gasteiger partial charge < -0.3 is 4.42 Å². The third kappa shape index (κ3) is 1.64. The Hall–Kier alpha value is -1.57. The molecule has 0 bridgehead atoms. The fourth-order valence-electron chi connectivity index (χ4n) is 1.96. The molecule has 0 atom stereocenters. The van der Waals surface area contributed by atoms with E-state index in [1.54, 1.807) is 6.92 Å². The summed E-state index contributed by atoms with van der Waals surface area (Å²) in [5.74, 6) is 0.426. The maximum atomic E-state index is 11.5. The van der Waals surface area contributed by atoms with Crippen LogP contribution in [0.25, 0.3) is 11.0 Å². The van der Waals surface area contributed by atoms with Crippen molar-refractivity contribution in [2.45, 2.75) is 33.6 Å². The minimum absolute atomic E-state index is 0.239. The molecule has 0 unspecified atom stereocenters. The maximum Gasteiger partial charge on any atom is 0.339 e. The molecule has 2 rings (SSSR count). The van der Waals surface area contributed by atoms with Crippen LogP contribution < -0.4 is 5.63 Å². The Balaban J connectivity index is 2.93. The lowest BCUT2D eigenvalue weighted by atomic mass is 9.96. The standard InChI is InChI=1S/C14H16O2/c1-8(2)11-6-5-9(3)13-12(11)7-10(4)14(15)16-13/h5-8H,1-4H3. The first kappa shape index (κ1) is 10.9. The van der Waals surface area contributed by atoms with Crippen molar-refractivity contribution in [3.8, 4) is 0 Å². The van der Waals surface area contributed by atoms with Crippen molar-refractivity contribution in [2.75, 3.05) is 0 Å². The predicted octanol–water partition coefficient (Wildman–Crippen LogP) is 3.53. The largest absolute Gasteiger partial charge is 0.422 e. The van der Waals surface area contributed by atoms with E-state index in [1.165, 1.54) is 5.56 Å². The van der Waals surface area contributed by atoms with Crippen LogP contribution in [-0.4, -0.2) is 0 Å². The average Bonchev–Trinajstić information content (AvgIpc) is 2.21. The first-order valence-electron chi connectivity index (χ1n) is 5.54. The van der Waals surface area contributed by atoms with Gasteiger partial charge in [0, 0.05) is 10.9 Å². The highest BCUT2D eigenvalue weighted by Crippen LogP contribution is 2.27. The minimum atomic E-state index is -0.239. The zero-order valence-electron chi connectivity index (χ0n) is 10.1. The van der Waals surface area contributed by atoms with Gasteiger partial charge >= 0.3 is 5.63 Å². The molecule has 2 nitrogen and oxygen atoms in total. The van der Waals surface area contributed by atoms with E-state index in [4.69, 9.17) is 4.42 Å². The predicted molar refractivity (Wildman–Crippen MR) is 66.0 cm³/mol. The second kappa shape index (κ2) is 3.78. The lowest BCUT2D eigenvalue weighted by molar-refractivity contribution is 0.552. The van der Waals surface area contributed by atoms with Crippen molar-refractivity contribution in [3.05, 3.63) is 45.3 Å². The van der Waals surface area contributed by atoms with Gasteiger partial charge in [0.2, 0.25) is 0 Å². The highest BCUT2D eigenvalue weighted by atomic mass is 16.4. The van der Waals surface area contributed by atoms with Gasteiger partial charge in [0.1, 0.15) is 5.58 Å². The SMILES string of the molecule is Cc1cc2c(C(C)C)ccc(C)c2oc1=O. The van der Waals surface area contributed by atoms with Crippen LogP contribution in [0.1, 0.15) is 36.5 Å². The molecule has 2 aromatic rings. The Kier molecular flexibility index (Phi) is 2.58. The number of benzene rings is 1. The van der Waals surface area contributed by atoms with Gasteiger partial charge in [-0.15, -0.1) is 0 Å². The van der Waals surface area contributed by atoms with Crippen molar-refractivity contribution in [3.63, 3.8) is 0 Å². The molecule has 1 aromatic heterocycles. The van der Waals surface area contributed by atoms with Crippen molar-refractivity contribution >= 4 is 11.0 Å². The Labute approximate surface area is 94.9 Å². The molecule has 0 amide bonds. The summed E-state index contributed by atoms with van der Waals surface area (Å²) in [6.07, 6.45) is 0. The summed E-state index contributed by atoms with van der Waals surface area (Å²) >= 11 is 0. The van der Waals surface area contributed by atoms with Gasteiger partial charge in [0.05, 0.1) is 0 Å². The summed E-state index contributed by atoms with van der Waals surface area (Å²) in [6.45, 7) is 8.04. The number of hydrogen-bond donors (Lipinski definition) is 0. The fraction of sp³-hybridized carbons (Fsp3) is 0.357. The van der Waals surface area contributed by atoms with Crippen LogP contribution in [0.15, 0.2) is 27.4 Å². The van der Waals surface area contributed by atoms with Crippen LogP contribution in [0.3, 0.4) is 0 Å². The van der Waals surface area contributed by atoms with E-state index < -0.39 is 0 Å². The summed E-state index contributed by atoms with van der Waals surface area (Å²) < 4.78 is 5.36. The second-order valence-electron chi connectivity index (χ2n) is 4.59. The van der Waals surface area contributed by atoms with Crippen LogP contribution in [-0.2, 0) is 0 Å². The molecule has 0 spiro atoms. The molecule has 0 saturated carbocycles. The number of hydrogen-bond acceptors (Lipinski definition) is 2. The van der Waals surface area contributed by atoms with Crippen molar-refractivity contribution in [1.82, 2.24) is 0 Å². The third-order valence-electron chi connectivity index (χ3n) is 2.93. The van der Waals surface area contributed by atoms with Gasteiger partial charge in [0.15, 0.2) is 0 Å². The molecule has 0 saturated heterocycles. The second-order valence-corrected chi connectivity index (χ2v) is 4.59. The zero-order chi connectivity index (χ0) is 11.9. The summed E-state index contributed by atoms with van der Waals surface area (Å²) in [5.41, 5.74) is 3.39. The topological polar surface area (TPSA) is 30.2 Å². The quantitative estimate of drug-likeness (QED) is 0.682. The Bertz CT molecular complexity index is 591. The van der Waals surface area contributed by atoms with Crippen molar-refractivity contribution < 1.29 is 4.42 Å². The van der Waals surface area contributed by atoms with Crippen LogP contribution in [0.5, 0.6) is 0 Å². The smallest absolute Gasteiger partial charge is 0.339 e. The first-order chi connectivity index (χ1) is 7.50. The summed E-state index contributed by atoms with van der Waals surface area (Å²) in [6, 6.07) is 6.06. The molecular formula is C14H16O2. The molecule has 0 radical (unpaired) electrons. The molecule has 0 aliphatic carbocycles. The molecule has 84 valence electrons. The van der Waals surface area contributed by atoms with Crippen LogP contribution in [0.4, 0.5) is 0 Å². The number of fused-ring (bicyclic) bond motifs is 1. The Morgan fingerprint density at radius 3 is 2.44 bits per heavy atom. The lowest BCUT2D eigenvalue weighted by Crippen LogP contribution is -2.04. The van der Waals surface area contributed by atoms with E-state index in [0.29, 0.717) is 11.5 Å². The highest BCUT2D eigenvalue weighted by Gasteiger charge is 2.10. The average molecular weight is 216 g/mol. The number of rotatable bonds is 1. The Morgan fingerprint density at radius 1 is 1.12 bits per heavy atom. The van der Waals surface area contributed by atoms with Crippen LogP contribution in [0, 0.1) is 13.8 Å². The first-order valence-corrected chi connectivity index (χ1v) is 5.54. The zero-order valence-corrected chi connectivity index (χ0v) is 10.1. The van der Waals surface area contributed by atoms with Crippen molar-refractivity contribution in [2.24, 2.45) is 0 Å². The van der Waals surface area contributed by atoms with Crippen LogP contribution in [0.2, 0.25) is 0 Å². The molecule has 0 fully saturated rings. The van der Waals surface area contributed by atoms with E-state index in [0.717, 1.165) is 16.5 Å². The maximum absolute atomic E-state index is 11.5. The van der Waals surface area contributed by atoms with E-state index >= 15 is 0 Å². The van der Waals surface area contributed by atoms with Gasteiger partial charge in [0.25, 0.3) is 0 Å². The van der Waals surface area contributed by atoms with E-state index in [9.17, 15) is 4.79 Å². The van der Waals surface area contributed by atoms with Crippen molar-refractivity contribution in [1.29, 1.82) is 0 Å². The molecule has 1 heterocycles. The van der Waals surface area contributed by atoms with Gasteiger partial charge in [-0.25, -0.2) is 4.79 Å².